The number of ether oxygens (including phenoxy) is 1. The number of nitriles is 1. The fraction of sp³-hybridized carbons (Fsp3) is 0.273. The van der Waals surface area contributed by atoms with Gasteiger partial charge in [0.15, 0.2) is 0 Å². The minimum Gasteiger partial charge on any atom is -0.445 e. The molecule has 142 valence electrons. The summed E-state index contributed by atoms with van der Waals surface area (Å²) in [4.78, 5) is 14.3. The molecular weight excluding hydrogens is 362 g/mol. The molecule has 0 saturated carbocycles. The van der Waals surface area contributed by atoms with Crippen LogP contribution in [0.1, 0.15) is 36.0 Å². The number of benzene rings is 2. The maximum atomic E-state index is 14.0. The van der Waals surface area contributed by atoms with Crippen LogP contribution >= 0.6 is 0 Å². The minimum atomic E-state index is -0.865. The van der Waals surface area contributed by atoms with Crippen LogP contribution in [0.3, 0.4) is 0 Å². The number of rotatable bonds is 3. The van der Waals surface area contributed by atoms with Crippen LogP contribution in [0.25, 0.3) is 5.57 Å². The molecule has 1 fully saturated rings. The Morgan fingerprint density at radius 1 is 1.18 bits per heavy atom. The number of halogens is 2. The van der Waals surface area contributed by atoms with Gasteiger partial charge in [0.05, 0.1) is 6.04 Å². The van der Waals surface area contributed by atoms with E-state index < -0.39 is 17.2 Å². The van der Waals surface area contributed by atoms with E-state index in [-0.39, 0.29) is 24.8 Å². The van der Waals surface area contributed by atoms with Gasteiger partial charge in [0.25, 0.3) is 0 Å². The van der Waals surface area contributed by atoms with Crippen LogP contribution in [0.5, 0.6) is 0 Å². The first-order chi connectivity index (χ1) is 13.6. The second-order valence-electron chi connectivity index (χ2n) is 7.07. The van der Waals surface area contributed by atoms with Crippen LogP contribution in [0, 0.1) is 23.0 Å². The van der Waals surface area contributed by atoms with E-state index in [2.05, 4.69) is 0 Å². The zero-order valence-electron chi connectivity index (χ0n) is 15.1. The Kier molecular flexibility index (Phi) is 4.82. The largest absolute Gasteiger partial charge is 0.445 e. The summed E-state index contributed by atoms with van der Waals surface area (Å²) in [6, 6.07) is 13.2. The lowest BCUT2D eigenvalue weighted by Crippen LogP contribution is -2.43. The van der Waals surface area contributed by atoms with Gasteiger partial charge in [0.2, 0.25) is 0 Å². The average Bonchev–Trinajstić information content (AvgIpc) is 2.96. The lowest BCUT2D eigenvalue weighted by molar-refractivity contribution is 0.0832. The van der Waals surface area contributed by atoms with Gasteiger partial charge in [-0.1, -0.05) is 36.4 Å². The van der Waals surface area contributed by atoms with E-state index in [4.69, 9.17) is 10.00 Å². The van der Waals surface area contributed by atoms with Crippen LogP contribution in [0.4, 0.5) is 13.6 Å². The molecule has 0 aliphatic carbocycles. The predicted molar refractivity (Wildman–Crippen MR) is 98.9 cm³/mol. The highest BCUT2D eigenvalue weighted by molar-refractivity contribution is 5.75. The highest BCUT2D eigenvalue weighted by Gasteiger charge is 2.40. The number of amides is 1. The predicted octanol–water partition coefficient (Wildman–Crippen LogP) is 4.79. The molecule has 1 amide bonds. The molecule has 2 unspecified atom stereocenters. The summed E-state index contributed by atoms with van der Waals surface area (Å²) >= 11 is 0. The van der Waals surface area contributed by atoms with Gasteiger partial charge in [-0.3, -0.25) is 4.90 Å². The van der Waals surface area contributed by atoms with Crippen molar-refractivity contribution in [3.8, 4) is 6.07 Å². The first-order valence-corrected chi connectivity index (χ1v) is 9.16. The lowest BCUT2D eigenvalue weighted by Gasteiger charge is -2.33. The van der Waals surface area contributed by atoms with Gasteiger partial charge in [-0.2, -0.15) is 5.26 Å². The van der Waals surface area contributed by atoms with Crippen molar-refractivity contribution in [2.24, 2.45) is 0 Å². The first kappa shape index (κ1) is 18.2. The van der Waals surface area contributed by atoms with Gasteiger partial charge < -0.3 is 4.74 Å². The summed E-state index contributed by atoms with van der Waals surface area (Å²) in [5.41, 5.74) is 1.55. The molecule has 0 N–H and O–H groups in total. The smallest absolute Gasteiger partial charge is 0.410 e. The molecule has 1 saturated heterocycles. The van der Waals surface area contributed by atoms with Crippen molar-refractivity contribution in [3.05, 3.63) is 76.9 Å². The molecule has 28 heavy (non-hydrogen) atoms. The molecule has 2 aromatic rings. The SMILES string of the molecule is N#Cc1c(F)cc(C2=CC3CCC(C2)N3C(=O)OCc2ccccc2)cc1F. The van der Waals surface area contributed by atoms with Gasteiger partial charge in [-0.05, 0) is 48.1 Å². The Morgan fingerprint density at radius 2 is 1.89 bits per heavy atom. The Hall–Kier alpha value is -3.20. The van der Waals surface area contributed by atoms with Crippen LogP contribution in [0.15, 0.2) is 48.5 Å². The molecule has 0 radical (unpaired) electrons. The Balaban J connectivity index is 1.51. The van der Waals surface area contributed by atoms with E-state index in [0.717, 1.165) is 24.0 Å². The fourth-order valence-corrected chi connectivity index (χ4v) is 3.99. The summed E-state index contributed by atoms with van der Waals surface area (Å²) in [5.74, 6) is -1.73. The van der Waals surface area contributed by atoms with Gasteiger partial charge in [0, 0.05) is 6.04 Å². The van der Waals surface area contributed by atoms with E-state index in [0.29, 0.717) is 12.0 Å². The van der Waals surface area contributed by atoms with Crippen LogP contribution in [0.2, 0.25) is 0 Å². The number of carbonyl (C=O) groups excluding carboxylic acids is 1. The maximum Gasteiger partial charge on any atom is 0.410 e. The first-order valence-electron chi connectivity index (χ1n) is 9.16. The van der Waals surface area contributed by atoms with Crippen molar-refractivity contribution < 1.29 is 18.3 Å². The van der Waals surface area contributed by atoms with E-state index in [9.17, 15) is 13.6 Å². The molecule has 2 bridgehead atoms. The summed E-state index contributed by atoms with van der Waals surface area (Å²) < 4.78 is 33.4. The summed E-state index contributed by atoms with van der Waals surface area (Å²) in [5, 5.41) is 8.82. The zero-order valence-corrected chi connectivity index (χ0v) is 15.1. The normalized spacial score (nSPS) is 20.5. The maximum absolute atomic E-state index is 14.0. The molecule has 0 spiro atoms. The quantitative estimate of drug-likeness (QED) is 0.769. The molecule has 4 rings (SSSR count). The topological polar surface area (TPSA) is 53.3 Å². The van der Waals surface area contributed by atoms with Gasteiger partial charge in [0.1, 0.15) is 29.9 Å². The van der Waals surface area contributed by atoms with E-state index in [1.54, 1.807) is 4.90 Å². The number of carbonyl (C=O) groups is 1. The molecule has 2 aliphatic heterocycles. The monoisotopic (exact) mass is 380 g/mol. The Morgan fingerprint density at radius 3 is 2.54 bits per heavy atom. The van der Waals surface area contributed by atoms with Crippen molar-refractivity contribution in [2.75, 3.05) is 0 Å². The number of hydrogen-bond donors (Lipinski definition) is 0. The van der Waals surface area contributed by atoms with E-state index >= 15 is 0 Å². The van der Waals surface area contributed by atoms with Crippen molar-refractivity contribution in [1.82, 2.24) is 4.90 Å². The van der Waals surface area contributed by atoms with Crippen molar-refractivity contribution in [2.45, 2.75) is 38.0 Å². The van der Waals surface area contributed by atoms with Crippen molar-refractivity contribution in [1.29, 1.82) is 5.26 Å². The van der Waals surface area contributed by atoms with Crippen LogP contribution in [-0.2, 0) is 11.3 Å². The highest BCUT2D eigenvalue weighted by Crippen LogP contribution is 2.39. The van der Waals surface area contributed by atoms with Crippen molar-refractivity contribution >= 4 is 11.7 Å². The van der Waals surface area contributed by atoms with Crippen molar-refractivity contribution in [3.63, 3.8) is 0 Å². The molecule has 4 nitrogen and oxygen atoms in total. The van der Waals surface area contributed by atoms with E-state index in [1.165, 1.54) is 18.2 Å². The van der Waals surface area contributed by atoms with Gasteiger partial charge in [-0.25, -0.2) is 13.6 Å². The fourth-order valence-electron chi connectivity index (χ4n) is 3.99. The standard InChI is InChI=1S/C22H18F2N2O2/c23-20-10-16(11-21(24)19(20)12-25)15-8-17-6-7-18(9-15)26(17)22(27)28-13-14-4-2-1-3-5-14/h1-5,8,10-11,17-18H,6-7,9,13H2. The Bertz CT molecular complexity index is 959. The number of nitrogens with zero attached hydrogens (tertiary/aromatic N) is 2. The van der Waals surface area contributed by atoms with Crippen LogP contribution in [-0.4, -0.2) is 23.1 Å². The average molecular weight is 380 g/mol. The second-order valence-corrected chi connectivity index (χ2v) is 7.07. The van der Waals surface area contributed by atoms with Gasteiger partial charge in [-0.15, -0.1) is 0 Å². The molecule has 2 atom stereocenters. The molecule has 2 aromatic carbocycles. The number of hydrogen-bond acceptors (Lipinski definition) is 3. The molecule has 6 heteroatoms. The molecule has 2 aliphatic rings. The third kappa shape index (κ3) is 3.36. The lowest BCUT2D eigenvalue weighted by atomic mass is 9.94. The van der Waals surface area contributed by atoms with Gasteiger partial charge >= 0.3 is 6.09 Å². The summed E-state index contributed by atoms with van der Waals surface area (Å²) in [7, 11) is 0. The number of fused-ring (bicyclic) bond motifs is 2. The molecular formula is C22H18F2N2O2. The second kappa shape index (κ2) is 7.43. The highest BCUT2D eigenvalue weighted by atomic mass is 19.1. The third-order valence-corrected chi connectivity index (χ3v) is 5.34. The minimum absolute atomic E-state index is 0.0601. The van der Waals surface area contributed by atoms with Crippen LogP contribution < -0.4 is 0 Å². The third-order valence-electron chi connectivity index (χ3n) is 5.34. The molecule has 2 heterocycles. The molecule has 0 aromatic heterocycles. The zero-order chi connectivity index (χ0) is 19.7. The Labute approximate surface area is 161 Å². The summed E-state index contributed by atoms with van der Waals surface area (Å²) in [6.45, 7) is 0.207. The van der Waals surface area contributed by atoms with E-state index in [1.807, 2.05) is 36.4 Å². The summed E-state index contributed by atoms with van der Waals surface area (Å²) in [6.07, 6.45) is 3.61.